The maximum Gasteiger partial charge on any atom is 0.240 e. The van der Waals surface area contributed by atoms with E-state index in [0.29, 0.717) is 17.9 Å². The van der Waals surface area contributed by atoms with Gasteiger partial charge in [-0.3, -0.25) is 10.1 Å². The van der Waals surface area contributed by atoms with Crippen LogP contribution in [-0.4, -0.2) is 18.0 Å². The molecule has 0 aromatic heterocycles. The summed E-state index contributed by atoms with van der Waals surface area (Å²) < 4.78 is 19.4. The number of nitrogens with one attached hydrogen (secondary N) is 2. The molecule has 1 saturated heterocycles. The van der Waals surface area contributed by atoms with Crippen molar-refractivity contribution in [1.82, 2.24) is 10.6 Å². The van der Waals surface area contributed by atoms with Gasteiger partial charge in [0.2, 0.25) is 5.91 Å². The molecular weight excluding hydrogens is 343 g/mol. The number of amides is 1. The van der Waals surface area contributed by atoms with Gasteiger partial charge in [0.25, 0.3) is 0 Å². The molecule has 0 radical (unpaired) electrons. The lowest BCUT2D eigenvalue weighted by atomic mass is 9.92. The fraction of sp³-hybridized carbons (Fsp3) is 0.318. The van der Waals surface area contributed by atoms with Crippen LogP contribution < -0.4 is 15.4 Å². The third-order valence-corrected chi connectivity index (χ3v) is 5.39. The van der Waals surface area contributed by atoms with E-state index in [1.807, 2.05) is 30.3 Å². The van der Waals surface area contributed by atoms with Crippen LogP contribution in [0.25, 0.3) is 0 Å². The number of benzene rings is 2. The molecule has 2 atom stereocenters. The Kier molecular flexibility index (Phi) is 4.94. The first-order chi connectivity index (χ1) is 13.2. The molecule has 0 bridgehead atoms. The minimum absolute atomic E-state index is 0.0832. The molecule has 0 saturated carbocycles. The van der Waals surface area contributed by atoms with Gasteiger partial charge in [-0.05, 0) is 43.0 Å². The fourth-order valence-electron chi connectivity index (χ4n) is 3.81. The van der Waals surface area contributed by atoms with Crippen molar-refractivity contribution >= 4 is 5.91 Å². The van der Waals surface area contributed by atoms with Gasteiger partial charge in [0.15, 0.2) is 0 Å². The number of carbonyl (C=O) groups is 1. The monoisotopic (exact) mass is 366 g/mol. The van der Waals surface area contributed by atoms with Crippen molar-refractivity contribution in [2.45, 2.75) is 37.5 Å². The van der Waals surface area contributed by atoms with Crippen molar-refractivity contribution in [3.05, 3.63) is 77.6 Å². The van der Waals surface area contributed by atoms with Crippen molar-refractivity contribution in [3.8, 4) is 5.75 Å². The molecule has 1 unspecified atom stereocenters. The zero-order valence-electron chi connectivity index (χ0n) is 15.1. The second-order valence-corrected chi connectivity index (χ2v) is 7.15. The summed E-state index contributed by atoms with van der Waals surface area (Å²) in [4.78, 5) is 12.5. The molecule has 4 nitrogen and oxygen atoms in total. The quantitative estimate of drug-likeness (QED) is 0.812. The smallest absolute Gasteiger partial charge is 0.240 e. The third kappa shape index (κ3) is 3.74. The highest BCUT2D eigenvalue weighted by molar-refractivity contribution is 5.87. The van der Waals surface area contributed by atoms with Gasteiger partial charge in [0.1, 0.15) is 23.7 Å². The summed E-state index contributed by atoms with van der Waals surface area (Å²) >= 11 is 0. The molecule has 27 heavy (non-hydrogen) atoms. The molecule has 1 fully saturated rings. The van der Waals surface area contributed by atoms with Crippen LogP contribution in [0.3, 0.4) is 0 Å². The van der Waals surface area contributed by atoms with Gasteiger partial charge in [-0.25, -0.2) is 4.39 Å². The number of carbonyl (C=O) groups excluding carboxylic acids is 1. The first-order valence-electron chi connectivity index (χ1n) is 9.33. The van der Waals surface area contributed by atoms with E-state index < -0.39 is 5.54 Å². The summed E-state index contributed by atoms with van der Waals surface area (Å²) in [7, 11) is 0. The molecule has 0 aliphatic carbocycles. The third-order valence-electron chi connectivity index (χ3n) is 5.39. The van der Waals surface area contributed by atoms with E-state index in [1.165, 1.54) is 6.07 Å². The molecule has 4 rings (SSSR count). The van der Waals surface area contributed by atoms with Gasteiger partial charge in [0.05, 0.1) is 0 Å². The van der Waals surface area contributed by atoms with Crippen LogP contribution in [0.4, 0.5) is 4.39 Å². The summed E-state index contributed by atoms with van der Waals surface area (Å²) in [5, 5.41) is 6.50. The highest BCUT2D eigenvalue weighted by atomic mass is 19.1. The normalized spacial score (nSPS) is 24.6. The molecule has 2 aliphatic rings. The molecule has 2 N–H and O–H groups in total. The van der Waals surface area contributed by atoms with Crippen LogP contribution in [0.5, 0.6) is 5.75 Å². The molecule has 1 amide bonds. The molecule has 2 aliphatic heterocycles. The molecule has 2 aromatic rings. The van der Waals surface area contributed by atoms with Crippen LogP contribution >= 0.6 is 0 Å². The van der Waals surface area contributed by atoms with Gasteiger partial charge in [-0.15, -0.1) is 0 Å². The lowest BCUT2D eigenvalue weighted by Gasteiger charge is -2.27. The largest absolute Gasteiger partial charge is 0.489 e. The van der Waals surface area contributed by atoms with Crippen molar-refractivity contribution in [1.29, 1.82) is 0 Å². The predicted octanol–water partition coefficient (Wildman–Crippen LogP) is 3.64. The second kappa shape index (κ2) is 7.53. The van der Waals surface area contributed by atoms with E-state index in [-0.39, 0.29) is 24.4 Å². The van der Waals surface area contributed by atoms with E-state index in [0.717, 1.165) is 24.8 Å². The Hall–Kier alpha value is -2.66. The van der Waals surface area contributed by atoms with Gasteiger partial charge in [-0.2, -0.15) is 0 Å². The Morgan fingerprint density at radius 3 is 2.74 bits per heavy atom. The summed E-state index contributed by atoms with van der Waals surface area (Å²) in [5.41, 5.74) is 1.16. The van der Waals surface area contributed by atoms with Crippen LogP contribution in [0.2, 0.25) is 0 Å². The number of halogens is 1. The molecule has 5 heteroatoms. The lowest BCUT2D eigenvalue weighted by molar-refractivity contribution is -0.126. The van der Waals surface area contributed by atoms with Gasteiger partial charge in [0, 0.05) is 18.2 Å². The minimum Gasteiger partial charge on any atom is -0.489 e. The summed E-state index contributed by atoms with van der Waals surface area (Å²) in [5.74, 6) is 0.523. The van der Waals surface area contributed by atoms with E-state index >= 15 is 0 Å². The van der Waals surface area contributed by atoms with Crippen molar-refractivity contribution in [3.63, 3.8) is 0 Å². The van der Waals surface area contributed by atoms with E-state index in [2.05, 4.69) is 16.7 Å². The Bertz CT molecular complexity index is 850. The maximum absolute atomic E-state index is 13.7. The summed E-state index contributed by atoms with van der Waals surface area (Å²) in [6.07, 6.45) is 6.53. The van der Waals surface area contributed by atoms with E-state index in [4.69, 9.17) is 4.74 Å². The van der Waals surface area contributed by atoms with Crippen molar-refractivity contribution in [2.75, 3.05) is 6.54 Å². The SMILES string of the molecule is O=C1NCC=CC[C@]12CCC(c1ccc(OCc3ccccc3F)cc1)N2. The van der Waals surface area contributed by atoms with Gasteiger partial charge >= 0.3 is 0 Å². The van der Waals surface area contributed by atoms with Crippen LogP contribution in [0.1, 0.15) is 36.4 Å². The maximum atomic E-state index is 13.7. The Labute approximate surface area is 158 Å². The lowest BCUT2D eigenvalue weighted by Crippen LogP contribution is -2.52. The Morgan fingerprint density at radius 1 is 1.11 bits per heavy atom. The number of hydrogen-bond acceptors (Lipinski definition) is 3. The van der Waals surface area contributed by atoms with Crippen LogP contribution in [0.15, 0.2) is 60.7 Å². The van der Waals surface area contributed by atoms with Crippen LogP contribution in [0, 0.1) is 5.82 Å². The zero-order chi connectivity index (χ0) is 18.7. The van der Waals surface area contributed by atoms with Gasteiger partial charge in [-0.1, -0.05) is 42.5 Å². The second-order valence-electron chi connectivity index (χ2n) is 7.15. The minimum atomic E-state index is -0.502. The first-order valence-corrected chi connectivity index (χ1v) is 9.33. The van der Waals surface area contributed by atoms with E-state index in [1.54, 1.807) is 18.2 Å². The number of ether oxygens (including phenoxy) is 1. The van der Waals surface area contributed by atoms with E-state index in [9.17, 15) is 9.18 Å². The molecular formula is C22H23FN2O2. The Morgan fingerprint density at radius 2 is 1.93 bits per heavy atom. The summed E-state index contributed by atoms with van der Waals surface area (Å²) in [6.45, 7) is 0.796. The number of hydrogen-bond donors (Lipinski definition) is 2. The van der Waals surface area contributed by atoms with Crippen molar-refractivity contribution in [2.24, 2.45) is 0 Å². The highest BCUT2D eigenvalue weighted by Crippen LogP contribution is 2.36. The predicted molar refractivity (Wildman–Crippen MR) is 102 cm³/mol. The topological polar surface area (TPSA) is 50.4 Å². The first kappa shape index (κ1) is 17.7. The Balaban J connectivity index is 1.40. The highest BCUT2D eigenvalue weighted by Gasteiger charge is 2.44. The fourth-order valence-corrected chi connectivity index (χ4v) is 3.81. The van der Waals surface area contributed by atoms with Crippen molar-refractivity contribution < 1.29 is 13.9 Å². The average molecular weight is 366 g/mol. The molecule has 2 heterocycles. The standard InChI is InChI=1S/C22H23FN2O2/c23-19-6-2-1-5-17(19)15-27-18-9-7-16(8-10-18)20-11-13-22(25-20)12-3-4-14-24-21(22)26/h1-10,20,25H,11-15H2,(H,24,26)/t20?,22-/m0/s1. The zero-order valence-corrected chi connectivity index (χ0v) is 15.1. The molecule has 2 aromatic carbocycles. The number of rotatable bonds is 4. The summed E-state index contributed by atoms with van der Waals surface area (Å²) in [6, 6.07) is 14.6. The molecule has 1 spiro atoms. The molecule has 140 valence electrons. The van der Waals surface area contributed by atoms with Crippen LogP contribution in [-0.2, 0) is 11.4 Å². The average Bonchev–Trinajstić information content (AvgIpc) is 3.04. The van der Waals surface area contributed by atoms with Gasteiger partial charge < -0.3 is 10.1 Å².